The van der Waals surface area contributed by atoms with E-state index in [4.69, 9.17) is 4.74 Å². The number of hydrogen-bond acceptors (Lipinski definition) is 5. The third-order valence-electron chi connectivity index (χ3n) is 5.30. The van der Waals surface area contributed by atoms with Gasteiger partial charge in [-0.2, -0.15) is 0 Å². The molecule has 3 aromatic carbocycles. The van der Waals surface area contributed by atoms with Gasteiger partial charge < -0.3 is 4.74 Å². The molecule has 0 atom stereocenters. The van der Waals surface area contributed by atoms with Gasteiger partial charge in [-0.25, -0.2) is 14.5 Å². The number of hydrogen-bond donors (Lipinski definition) is 0. The number of aryl methyl sites for hydroxylation is 3. The number of rotatable bonds is 6. The summed E-state index contributed by atoms with van der Waals surface area (Å²) in [4.78, 5) is 29.8. The molecule has 32 heavy (non-hydrogen) atoms. The molecule has 0 unspecified atom stereocenters. The maximum Gasteiger partial charge on any atom is 0.378 e. The SMILES string of the molecule is Cc1cc(C)c(C(=O)COC(=O)c2nc(-c3ccccc3)n(-c3ccccc3)n2)cc1C. The lowest BCUT2D eigenvalue weighted by molar-refractivity contribution is 0.0462. The van der Waals surface area contributed by atoms with E-state index in [1.165, 1.54) is 0 Å². The van der Waals surface area contributed by atoms with Crippen LogP contribution in [0.4, 0.5) is 0 Å². The van der Waals surface area contributed by atoms with E-state index in [1.807, 2.05) is 93.6 Å². The molecule has 1 aromatic heterocycles. The fourth-order valence-electron chi connectivity index (χ4n) is 3.46. The van der Waals surface area contributed by atoms with Crippen molar-refractivity contribution in [2.24, 2.45) is 0 Å². The predicted octanol–water partition coefficient (Wildman–Crippen LogP) is 4.90. The first-order valence-electron chi connectivity index (χ1n) is 10.3. The van der Waals surface area contributed by atoms with Gasteiger partial charge in [0.1, 0.15) is 0 Å². The van der Waals surface area contributed by atoms with E-state index in [1.54, 1.807) is 4.68 Å². The summed E-state index contributed by atoms with van der Waals surface area (Å²) >= 11 is 0. The van der Waals surface area contributed by atoms with Crippen molar-refractivity contribution in [2.45, 2.75) is 20.8 Å². The Morgan fingerprint density at radius 3 is 2.16 bits per heavy atom. The highest BCUT2D eigenvalue weighted by atomic mass is 16.5. The van der Waals surface area contributed by atoms with Gasteiger partial charge in [0.15, 0.2) is 12.4 Å². The molecule has 160 valence electrons. The van der Waals surface area contributed by atoms with Gasteiger partial charge in [0.05, 0.1) is 5.69 Å². The minimum absolute atomic E-state index is 0.0997. The third kappa shape index (κ3) is 4.34. The molecule has 0 aliphatic carbocycles. The minimum atomic E-state index is -0.744. The third-order valence-corrected chi connectivity index (χ3v) is 5.30. The van der Waals surface area contributed by atoms with Crippen LogP contribution in [-0.2, 0) is 4.74 Å². The number of esters is 1. The summed E-state index contributed by atoms with van der Waals surface area (Å²) in [5.41, 5.74) is 5.10. The fourth-order valence-corrected chi connectivity index (χ4v) is 3.46. The van der Waals surface area contributed by atoms with Gasteiger partial charge in [-0.15, -0.1) is 5.10 Å². The average Bonchev–Trinajstić information content (AvgIpc) is 3.26. The molecule has 6 heteroatoms. The largest absolute Gasteiger partial charge is 0.451 e. The van der Waals surface area contributed by atoms with Crippen LogP contribution in [0.25, 0.3) is 17.1 Å². The molecular formula is C26H23N3O3. The van der Waals surface area contributed by atoms with Crippen molar-refractivity contribution in [1.82, 2.24) is 14.8 Å². The predicted molar refractivity (Wildman–Crippen MR) is 122 cm³/mol. The Kier molecular flexibility index (Phi) is 5.94. The lowest BCUT2D eigenvalue weighted by Crippen LogP contribution is -2.16. The van der Waals surface area contributed by atoms with Gasteiger partial charge in [0.2, 0.25) is 5.78 Å². The van der Waals surface area contributed by atoms with Crippen molar-refractivity contribution >= 4 is 11.8 Å². The zero-order valence-corrected chi connectivity index (χ0v) is 18.2. The summed E-state index contributed by atoms with van der Waals surface area (Å²) in [6.45, 7) is 5.44. The second-order valence-electron chi connectivity index (χ2n) is 7.62. The van der Waals surface area contributed by atoms with Crippen LogP contribution in [0, 0.1) is 20.8 Å². The molecule has 0 N–H and O–H groups in total. The Bertz CT molecular complexity index is 1220. The van der Waals surface area contributed by atoms with Crippen LogP contribution in [0.1, 0.15) is 37.7 Å². The number of Topliss-reactive ketones (excluding diaryl/α,β-unsaturated/α-hetero) is 1. The summed E-state index contributed by atoms with van der Waals surface area (Å²) in [7, 11) is 0. The number of aromatic nitrogens is 3. The Labute approximate surface area is 186 Å². The molecule has 4 aromatic rings. The molecule has 0 radical (unpaired) electrons. The summed E-state index contributed by atoms with van der Waals surface area (Å²) in [6, 6.07) is 22.7. The number of nitrogens with zero attached hydrogens (tertiary/aromatic N) is 3. The quantitative estimate of drug-likeness (QED) is 0.324. The van der Waals surface area contributed by atoms with Gasteiger partial charge in [0, 0.05) is 11.1 Å². The Hall–Kier alpha value is -4.06. The van der Waals surface area contributed by atoms with Crippen molar-refractivity contribution < 1.29 is 14.3 Å². The smallest absolute Gasteiger partial charge is 0.378 e. The second-order valence-corrected chi connectivity index (χ2v) is 7.62. The standard InChI is InChI=1S/C26H23N3O3/c1-17-14-19(3)22(15-18(17)2)23(30)16-32-26(31)24-27-25(20-10-6-4-7-11-20)29(28-24)21-12-8-5-9-13-21/h4-15H,16H2,1-3H3. The van der Waals surface area contributed by atoms with Crippen LogP contribution in [0.15, 0.2) is 72.8 Å². The number of ketones is 1. The molecule has 4 rings (SSSR count). The van der Waals surface area contributed by atoms with Crippen molar-refractivity contribution in [1.29, 1.82) is 0 Å². The summed E-state index contributed by atoms with van der Waals surface area (Å²) in [5.74, 6) is -0.589. The van der Waals surface area contributed by atoms with Gasteiger partial charge in [-0.1, -0.05) is 54.6 Å². The van der Waals surface area contributed by atoms with Crippen LogP contribution >= 0.6 is 0 Å². The highest BCUT2D eigenvalue weighted by Crippen LogP contribution is 2.21. The molecule has 0 saturated heterocycles. The second kappa shape index (κ2) is 8.98. The normalized spacial score (nSPS) is 10.7. The Morgan fingerprint density at radius 2 is 1.47 bits per heavy atom. The maximum absolute atomic E-state index is 12.7. The van der Waals surface area contributed by atoms with E-state index in [0.717, 1.165) is 27.9 Å². The molecule has 0 spiro atoms. The van der Waals surface area contributed by atoms with E-state index < -0.39 is 5.97 Å². The number of carbonyl (C=O) groups excluding carboxylic acids is 2. The topological polar surface area (TPSA) is 74.1 Å². The monoisotopic (exact) mass is 425 g/mol. The van der Waals surface area contributed by atoms with E-state index in [9.17, 15) is 9.59 Å². The van der Waals surface area contributed by atoms with Gasteiger partial charge in [0.25, 0.3) is 5.82 Å². The zero-order valence-electron chi connectivity index (χ0n) is 18.2. The van der Waals surface area contributed by atoms with Gasteiger partial charge in [-0.05, 0) is 55.7 Å². The van der Waals surface area contributed by atoms with Crippen molar-refractivity contribution in [3.05, 3.63) is 101 Å². The summed E-state index contributed by atoms with van der Waals surface area (Å²) in [6.07, 6.45) is 0. The lowest BCUT2D eigenvalue weighted by atomic mass is 9.98. The minimum Gasteiger partial charge on any atom is -0.451 e. The molecule has 0 aliphatic rings. The van der Waals surface area contributed by atoms with Crippen LogP contribution < -0.4 is 0 Å². The summed E-state index contributed by atoms with van der Waals surface area (Å²) in [5, 5.41) is 4.37. The van der Waals surface area contributed by atoms with Crippen LogP contribution in [0.2, 0.25) is 0 Å². The molecule has 0 fully saturated rings. The van der Waals surface area contributed by atoms with E-state index in [0.29, 0.717) is 11.4 Å². The van der Waals surface area contributed by atoms with Crippen LogP contribution in [0.5, 0.6) is 0 Å². The lowest BCUT2D eigenvalue weighted by Gasteiger charge is -2.09. The molecule has 0 amide bonds. The van der Waals surface area contributed by atoms with Crippen LogP contribution in [0.3, 0.4) is 0 Å². The fraction of sp³-hybridized carbons (Fsp3) is 0.154. The van der Waals surface area contributed by atoms with E-state index in [-0.39, 0.29) is 18.2 Å². The molecule has 0 bridgehead atoms. The number of para-hydroxylation sites is 1. The Balaban J connectivity index is 1.59. The van der Waals surface area contributed by atoms with Crippen molar-refractivity contribution in [2.75, 3.05) is 6.61 Å². The molecular weight excluding hydrogens is 402 g/mol. The number of carbonyl (C=O) groups is 2. The summed E-state index contributed by atoms with van der Waals surface area (Å²) < 4.78 is 6.88. The molecule has 0 aliphatic heterocycles. The molecule has 6 nitrogen and oxygen atoms in total. The van der Waals surface area contributed by atoms with Gasteiger partial charge in [-0.3, -0.25) is 4.79 Å². The van der Waals surface area contributed by atoms with Gasteiger partial charge >= 0.3 is 5.97 Å². The molecule has 0 saturated carbocycles. The van der Waals surface area contributed by atoms with Crippen molar-refractivity contribution in [3.8, 4) is 17.1 Å². The molecule has 1 heterocycles. The highest BCUT2D eigenvalue weighted by molar-refractivity contribution is 6.00. The zero-order chi connectivity index (χ0) is 22.7. The number of ether oxygens (including phenoxy) is 1. The first-order chi connectivity index (χ1) is 15.4. The maximum atomic E-state index is 12.7. The highest BCUT2D eigenvalue weighted by Gasteiger charge is 2.21. The van der Waals surface area contributed by atoms with Crippen molar-refractivity contribution in [3.63, 3.8) is 0 Å². The first-order valence-corrected chi connectivity index (χ1v) is 10.3. The number of benzene rings is 3. The van der Waals surface area contributed by atoms with E-state index >= 15 is 0 Å². The first kappa shape index (κ1) is 21.2. The average molecular weight is 425 g/mol. The Morgan fingerprint density at radius 1 is 0.844 bits per heavy atom. The van der Waals surface area contributed by atoms with E-state index in [2.05, 4.69) is 10.1 Å². The van der Waals surface area contributed by atoms with Crippen LogP contribution in [-0.4, -0.2) is 33.1 Å².